The molecule has 0 radical (unpaired) electrons. The fourth-order valence-electron chi connectivity index (χ4n) is 2.89. The van der Waals surface area contributed by atoms with Crippen LogP contribution in [0.4, 0.5) is 9.39 Å². The summed E-state index contributed by atoms with van der Waals surface area (Å²) in [4.78, 5) is 26.9. The Kier molecular flexibility index (Phi) is 6.80. The zero-order valence-corrected chi connectivity index (χ0v) is 17.4. The zero-order valence-electron chi connectivity index (χ0n) is 16.6. The number of primary amides is 1. The normalized spacial score (nSPS) is 10.9. The lowest BCUT2D eigenvalue weighted by Crippen LogP contribution is -2.20. The molecule has 0 unspecified atom stereocenters. The maximum atomic E-state index is 13.9. The minimum absolute atomic E-state index is 0.212. The molecular weight excluding hydrogens is 409 g/mol. The van der Waals surface area contributed by atoms with Gasteiger partial charge in [0.05, 0.1) is 12.7 Å². The van der Waals surface area contributed by atoms with Gasteiger partial charge in [-0.05, 0) is 43.3 Å². The van der Waals surface area contributed by atoms with Crippen molar-refractivity contribution in [3.05, 3.63) is 64.0 Å². The molecule has 1 aromatic carbocycles. The molecule has 3 aromatic rings. The van der Waals surface area contributed by atoms with E-state index in [1.54, 1.807) is 12.1 Å². The third-order valence-electron chi connectivity index (χ3n) is 4.43. The number of hydrogen-bond acceptors (Lipinski definition) is 6. The summed E-state index contributed by atoms with van der Waals surface area (Å²) in [7, 11) is 3.35. The van der Waals surface area contributed by atoms with Gasteiger partial charge in [-0.25, -0.2) is 4.39 Å². The maximum Gasteiger partial charge on any atom is 0.274 e. The molecule has 0 saturated carbocycles. The van der Waals surface area contributed by atoms with Gasteiger partial charge >= 0.3 is 0 Å². The van der Waals surface area contributed by atoms with Crippen molar-refractivity contribution in [2.24, 2.45) is 5.73 Å². The van der Waals surface area contributed by atoms with E-state index in [0.29, 0.717) is 24.5 Å². The van der Waals surface area contributed by atoms with Crippen molar-refractivity contribution in [1.29, 1.82) is 0 Å². The zero-order chi connectivity index (χ0) is 21.7. The van der Waals surface area contributed by atoms with Gasteiger partial charge in [0.1, 0.15) is 10.7 Å². The predicted molar refractivity (Wildman–Crippen MR) is 112 cm³/mol. The largest absolute Gasteiger partial charge is 0.494 e. The molecule has 3 rings (SSSR count). The van der Waals surface area contributed by atoms with Gasteiger partial charge in [0.2, 0.25) is 0 Å². The number of hydrogen-bond donors (Lipinski definition) is 3. The molecule has 0 fully saturated rings. The highest BCUT2D eigenvalue weighted by Gasteiger charge is 2.17. The second-order valence-corrected chi connectivity index (χ2v) is 7.84. The van der Waals surface area contributed by atoms with Gasteiger partial charge in [-0.15, -0.1) is 11.3 Å². The van der Waals surface area contributed by atoms with Gasteiger partial charge in [-0.2, -0.15) is 5.10 Å². The maximum absolute atomic E-state index is 13.9. The number of benzene rings is 1. The van der Waals surface area contributed by atoms with Gasteiger partial charge < -0.3 is 20.7 Å². The van der Waals surface area contributed by atoms with Crippen LogP contribution in [0.1, 0.15) is 31.3 Å². The van der Waals surface area contributed by atoms with E-state index in [4.69, 9.17) is 10.5 Å². The summed E-state index contributed by atoms with van der Waals surface area (Å²) in [5, 5.41) is 9.41. The molecule has 2 heterocycles. The Bertz CT molecular complexity index is 1040. The summed E-state index contributed by atoms with van der Waals surface area (Å²) in [6.45, 7) is 1.22. The number of methoxy groups -OCH3 is 1. The number of ether oxygens (including phenoxy) is 1. The summed E-state index contributed by atoms with van der Waals surface area (Å²) >= 11 is 1.30. The molecule has 2 aromatic heterocycles. The number of nitrogens with two attached hydrogens (primary N) is 1. The lowest BCUT2D eigenvalue weighted by atomic mass is 10.2. The highest BCUT2D eigenvalue weighted by Crippen LogP contribution is 2.29. The molecule has 2 amide bonds. The van der Waals surface area contributed by atoms with Crippen molar-refractivity contribution in [3.63, 3.8) is 0 Å². The molecular formula is C20H22FN5O3S. The highest BCUT2D eigenvalue weighted by atomic mass is 32.1. The van der Waals surface area contributed by atoms with Crippen LogP contribution in [0.2, 0.25) is 0 Å². The van der Waals surface area contributed by atoms with Gasteiger partial charge in [0, 0.05) is 24.2 Å². The first-order valence-electron chi connectivity index (χ1n) is 9.11. The average molecular weight is 431 g/mol. The average Bonchev–Trinajstić information content (AvgIpc) is 3.37. The number of rotatable bonds is 9. The molecule has 4 N–H and O–H groups in total. The number of nitrogens with zero attached hydrogens (tertiary/aromatic N) is 2. The fraction of sp³-hybridized carbons (Fsp3) is 0.250. The van der Waals surface area contributed by atoms with E-state index in [0.717, 1.165) is 10.4 Å². The van der Waals surface area contributed by atoms with E-state index < -0.39 is 17.6 Å². The molecule has 0 aliphatic carbocycles. The third kappa shape index (κ3) is 5.22. The second-order valence-electron chi connectivity index (χ2n) is 6.70. The Hall–Kier alpha value is -3.24. The SMILES string of the molecule is COc1ccc(CN(C)CCc2cc(C(N)=O)c(NC(=O)c3ccn[nH]3)s2)cc1F. The smallest absolute Gasteiger partial charge is 0.274 e. The quantitative estimate of drug-likeness (QED) is 0.482. The van der Waals surface area contributed by atoms with E-state index in [1.807, 2.05) is 18.0 Å². The first kappa shape index (κ1) is 21.5. The molecule has 8 nitrogen and oxygen atoms in total. The van der Waals surface area contributed by atoms with Gasteiger partial charge in [0.25, 0.3) is 11.8 Å². The number of carbonyl (C=O) groups excluding carboxylic acids is 2. The number of aromatic amines is 1. The van der Waals surface area contributed by atoms with E-state index >= 15 is 0 Å². The number of amides is 2. The molecule has 0 atom stereocenters. The Morgan fingerprint density at radius 3 is 2.77 bits per heavy atom. The fourth-order valence-corrected chi connectivity index (χ4v) is 3.94. The summed E-state index contributed by atoms with van der Waals surface area (Å²) in [5.74, 6) is -1.20. The van der Waals surface area contributed by atoms with Crippen LogP contribution in [-0.4, -0.2) is 47.6 Å². The van der Waals surface area contributed by atoms with E-state index in [2.05, 4.69) is 15.5 Å². The van der Waals surface area contributed by atoms with Crippen LogP contribution < -0.4 is 15.8 Å². The second kappa shape index (κ2) is 9.51. The number of nitrogens with one attached hydrogen (secondary N) is 2. The molecule has 0 aliphatic heterocycles. The van der Waals surface area contributed by atoms with Crippen LogP contribution in [0, 0.1) is 5.82 Å². The number of H-pyrrole nitrogens is 1. The number of likely N-dealkylation sites (N-methyl/N-ethyl adjacent to an activating group) is 1. The molecule has 0 bridgehead atoms. The lowest BCUT2D eigenvalue weighted by molar-refractivity contribution is 0.100. The van der Waals surface area contributed by atoms with Crippen LogP contribution in [0.25, 0.3) is 0 Å². The standard InChI is InChI=1S/C20H22FN5O3S/c1-26(11-12-3-4-17(29-2)15(21)9-12)8-6-13-10-14(18(22)27)20(30-13)24-19(28)16-5-7-23-25-16/h3-5,7,9-10H,6,8,11H2,1-2H3,(H2,22,27)(H,23,25)(H,24,28). The molecule has 0 aliphatic rings. The number of carbonyl (C=O) groups is 2. The highest BCUT2D eigenvalue weighted by molar-refractivity contribution is 7.16. The summed E-state index contributed by atoms with van der Waals surface area (Å²) < 4.78 is 18.8. The topological polar surface area (TPSA) is 113 Å². The first-order chi connectivity index (χ1) is 14.4. The number of anilines is 1. The Morgan fingerprint density at radius 2 is 2.13 bits per heavy atom. The van der Waals surface area contributed by atoms with E-state index in [9.17, 15) is 14.0 Å². The van der Waals surface area contributed by atoms with Gasteiger partial charge in [0.15, 0.2) is 11.6 Å². The third-order valence-corrected chi connectivity index (χ3v) is 5.54. The van der Waals surface area contributed by atoms with Crippen molar-refractivity contribution in [3.8, 4) is 5.75 Å². The van der Waals surface area contributed by atoms with Crippen molar-refractivity contribution >= 4 is 28.2 Å². The van der Waals surface area contributed by atoms with E-state index in [-0.39, 0.29) is 17.0 Å². The minimum atomic E-state index is -0.612. The van der Waals surface area contributed by atoms with Crippen LogP contribution in [0.15, 0.2) is 36.5 Å². The lowest BCUT2D eigenvalue weighted by Gasteiger charge is -2.16. The van der Waals surface area contributed by atoms with Crippen LogP contribution in [0.5, 0.6) is 5.75 Å². The molecule has 0 saturated heterocycles. The summed E-state index contributed by atoms with van der Waals surface area (Å²) in [6, 6.07) is 8.10. The minimum Gasteiger partial charge on any atom is -0.494 e. The van der Waals surface area contributed by atoms with Crippen LogP contribution >= 0.6 is 11.3 Å². The van der Waals surface area contributed by atoms with Crippen LogP contribution in [0.3, 0.4) is 0 Å². The molecule has 0 spiro atoms. The first-order valence-corrected chi connectivity index (χ1v) is 9.93. The van der Waals surface area contributed by atoms with Crippen molar-refractivity contribution < 1.29 is 18.7 Å². The Morgan fingerprint density at radius 1 is 1.33 bits per heavy atom. The molecule has 30 heavy (non-hydrogen) atoms. The summed E-state index contributed by atoms with van der Waals surface area (Å²) in [5.41, 5.74) is 6.84. The van der Waals surface area contributed by atoms with E-state index in [1.165, 1.54) is 36.8 Å². The summed E-state index contributed by atoms with van der Waals surface area (Å²) in [6.07, 6.45) is 2.11. The van der Waals surface area contributed by atoms with Crippen molar-refractivity contribution in [2.45, 2.75) is 13.0 Å². The van der Waals surface area contributed by atoms with Crippen LogP contribution in [-0.2, 0) is 13.0 Å². The van der Waals surface area contributed by atoms with Gasteiger partial charge in [-0.1, -0.05) is 6.07 Å². The molecule has 158 valence electrons. The number of aromatic nitrogens is 2. The number of thiophene rings is 1. The number of halogens is 1. The monoisotopic (exact) mass is 431 g/mol. The van der Waals surface area contributed by atoms with Gasteiger partial charge in [-0.3, -0.25) is 14.7 Å². The van der Waals surface area contributed by atoms with Crippen molar-refractivity contribution in [2.75, 3.05) is 26.0 Å². The van der Waals surface area contributed by atoms with Crippen molar-refractivity contribution in [1.82, 2.24) is 15.1 Å². The predicted octanol–water partition coefficient (Wildman–Crippen LogP) is 2.64. The Labute approximate surface area is 176 Å². The molecule has 10 heteroatoms. The Balaban J connectivity index is 1.62.